The number of carboxylic acid groups (broad SMARTS) is 1. The number of tetrazole rings is 1. The van der Waals surface area contributed by atoms with Gasteiger partial charge < -0.3 is 9.84 Å². The van der Waals surface area contributed by atoms with Crippen LogP contribution in [0.3, 0.4) is 0 Å². The number of carboxylic acids is 1. The van der Waals surface area contributed by atoms with Crippen LogP contribution in [0.5, 0.6) is 5.75 Å². The van der Waals surface area contributed by atoms with E-state index >= 15 is 0 Å². The van der Waals surface area contributed by atoms with Crippen molar-refractivity contribution in [1.82, 2.24) is 20.2 Å². The summed E-state index contributed by atoms with van der Waals surface area (Å²) < 4.78 is 6.34. The lowest BCUT2D eigenvalue weighted by molar-refractivity contribution is -0.137. The van der Waals surface area contributed by atoms with Gasteiger partial charge in [-0.3, -0.25) is 4.79 Å². The zero-order valence-corrected chi connectivity index (χ0v) is 9.14. The van der Waals surface area contributed by atoms with Gasteiger partial charge in [0, 0.05) is 0 Å². The predicted octanol–water partition coefficient (Wildman–Crippen LogP) is 0.495. The summed E-state index contributed by atoms with van der Waals surface area (Å²) in [5.41, 5.74) is 0. The lowest BCUT2D eigenvalue weighted by Crippen LogP contribution is -2.11. The van der Waals surface area contributed by atoms with Crippen LogP contribution in [-0.2, 0) is 11.3 Å². The number of aliphatic carboxylic acids is 1. The largest absolute Gasteiger partial charge is 0.495 e. The molecule has 8 heteroatoms. The Morgan fingerprint density at radius 1 is 1.69 bits per heavy atom. The summed E-state index contributed by atoms with van der Waals surface area (Å²) in [5, 5.41) is 21.4. The van der Waals surface area contributed by atoms with Gasteiger partial charge in [-0.25, -0.2) is 4.68 Å². The molecule has 84 valence electrons. The highest BCUT2D eigenvalue weighted by Gasteiger charge is 2.16. The number of hydrogen-bond donors (Lipinski definition) is 1. The minimum atomic E-state index is -0.996. The maximum absolute atomic E-state index is 10.6. The molecular weight excluding hydrogens is 232 g/mol. The molecule has 0 aromatic carbocycles. The molecule has 0 unspecified atom stereocenters. The first kappa shape index (κ1) is 10.6. The molecule has 16 heavy (non-hydrogen) atoms. The van der Waals surface area contributed by atoms with Crippen LogP contribution < -0.4 is 4.74 Å². The number of hydrogen-bond acceptors (Lipinski definition) is 6. The molecule has 0 fully saturated rings. The van der Waals surface area contributed by atoms with E-state index in [9.17, 15) is 4.79 Å². The van der Waals surface area contributed by atoms with Crippen molar-refractivity contribution in [3.8, 4) is 16.5 Å². The molecule has 0 saturated heterocycles. The molecule has 0 aliphatic carbocycles. The van der Waals surface area contributed by atoms with Gasteiger partial charge >= 0.3 is 5.97 Å². The predicted molar refractivity (Wildman–Crippen MR) is 55.3 cm³/mol. The van der Waals surface area contributed by atoms with Crippen LogP contribution in [0.4, 0.5) is 0 Å². The minimum Gasteiger partial charge on any atom is -0.495 e. The number of carbonyl (C=O) groups is 1. The molecule has 0 bridgehead atoms. The molecule has 2 aromatic heterocycles. The molecule has 1 N–H and O–H groups in total. The first-order valence-corrected chi connectivity index (χ1v) is 5.20. The molecule has 0 radical (unpaired) electrons. The highest BCUT2D eigenvalue weighted by atomic mass is 32.1. The summed E-state index contributed by atoms with van der Waals surface area (Å²) >= 11 is 1.39. The third kappa shape index (κ3) is 1.87. The van der Waals surface area contributed by atoms with Gasteiger partial charge in [0.25, 0.3) is 0 Å². The summed E-state index contributed by atoms with van der Waals surface area (Å²) in [6.45, 7) is -0.274. The van der Waals surface area contributed by atoms with Crippen molar-refractivity contribution in [3.05, 3.63) is 11.4 Å². The zero-order chi connectivity index (χ0) is 11.5. The fourth-order valence-electron chi connectivity index (χ4n) is 1.22. The lowest BCUT2D eigenvalue weighted by Gasteiger charge is -2.01. The summed E-state index contributed by atoms with van der Waals surface area (Å²) in [6, 6.07) is 1.78. The van der Waals surface area contributed by atoms with Gasteiger partial charge in [-0.05, 0) is 21.9 Å². The molecule has 0 saturated carbocycles. The van der Waals surface area contributed by atoms with E-state index in [2.05, 4.69) is 15.5 Å². The van der Waals surface area contributed by atoms with E-state index in [0.717, 1.165) is 0 Å². The molecule has 0 aliphatic rings. The van der Waals surface area contributed by atoms with Crippen LogP contribution in [0, 0.1) is 0 Å². The lowest BCUT2D eigenvalue weighted by atomic mass is 10.4. The third-order valence-electron chi connectivity index (χ3n) is 1.87. The maximum Gasteiger partial charge on any atom is 0.325 e. The number of rotatable bonds is 4. The molecule has 0 spiro atoms. The van der Waals surface area contributed by atoms with Crippen molar-refractivity contribution in [2.45, 2.75) is 6.54 Å². The first-order valence-electron chi connectivity index (χ1n) is 4.32. The Morgan fingerprint density at radius 2 is 2.50 bits per heavy atom. The van der Waals surface area contributed by atoms with Crippen LogP contribution in [0.25, 0.3) is 10.7 Å². The smallest absolute Gasteiger partial charge is 0.325 e. The first-order chi connectivity index (χ1) is 7.72. The Morgan fingerprint density at radius 3 is 3.19 bits per heavy atom. The number of thiophene rings is 1. The van der Waals surface area contributed by atoms with Crippen LogP contribution in [0.2, 0.25) is 0 Å². The van der Waals surface area contributed by atoms with E-state index < -0.39 is 5.97 Å². The van der Waals surface area contributed by atoms with Crippen molar-refractivity contribution in [3.63, 3.8) is 0 Å². The Labute approximate surface area is 94.3 Å². The van der Waals surface area contributed by atoms with E-state index in [1.807, 2.05) is 5.38 Å². The second-order valence-electron chi connectivity index (χ2n) is 2.87. The summed E-state index contributed by atoms with van der Waals surface area (Å²) in [7, 11) is 1.54. The Kier molecular flexibility index (Phi) is 2.82. The normalized spacial score (nSPS) is 10.3. The van der Waals surface area contributed by atoms with Gasteiger partial charge in [-0.1, -0.05) is 0 Å². The van der Waals surface area contributed by atoms with Crippen LogP contribution in [-0.4, -0.2) is 38.4 Å². The van der Waals surface area contributed by atoms with Crippen LogP contribution >= 0.6 is 11.3 Å². The highest BCUT2D eigenvalue weighted by molar-refractivity contribution is 7.13. The number of nitrogens with zero attached hydrogens (tertiary/aromatic N) is 4. The van der Waals surface area contributed by atoms with Gasteiger partial charge in [0.1, 0.15) is 17.2 Å². The van der Waals surface area contributed by atoms with Crippen molar-refractivity contribution >= 4 is 17.3 Å². The van der Waals surface area contributed by atoms with E-state index in [-0.39, 0.29) is 6.54 Å². The Hall–Kier alpha value is -1.96. The maximum atomic E-state index is 10.6. The molecule has 7 nitrogen and oxygen atoms in total. The summed E-state index contributed by atoms with van der Waals surface area (Å²) in [4.78, 5) is 11.3. The Balaban J connectivity index is 2.40. The van der Waals surface area contributed by atoms with Crippen molar-refractivity contribution in [1.29, 1.82) is 0 Å². The van der Waals surface area contributed by atoms with Gasteiger partial charge in [0.05, 0.1) is 7.11 Å². The zero-order valence-electron chi connectivity index (χ0n) is 8.32. The number of methoxy groups -OCH3 is 1. The summed E-state index contributed by atoms with van der Waals surface area (Å²) in [6.07, 6.45) is 0. The average Bonchev–Trinajstić information content (AvgIpc) is 2.83. The minimum absolute atomic E-state index is 0.274. The highest BCUT2D eigenvalue weighted by Crippen LogP contribution is 2.33. The van der Waals surface area contributed by atoms with E-state index in [1.165, 1.54) is 23.1 Å². The number of ether oxygens (including phenoxy) is 1. The molecule has 0 atom stereocenters. The van der Waals surface area contributed by atoms with E-state index in [4.69, 9.17) is 9.84 Å². The molecule has 2 heterocycles. The second kappa shape index (κ2) is 4.27. The quantitative estimate of drug-likeness (QED) is 0.836. The van der Waals surface area contributed by atoms with E-state index in [1.54, 1.807) is 6.07 Å². The van der Waals surface area contributed by atoms with Crippen LogP contribution in [0.1, 0.15) is 0 Å². The average molecular weight is 240 g/mol. The topological polar surface area (TPSA) is 90.1 Å². The molecule has 0 aliphatic heterocycles. The van der Waals surface area contributed by atoms with Gasteiger partial charge in [0.2, 0.25) is 0 Å². The van der Waals surface area contributed by atoms with Crippen molar-refractivity contribution in [2.75, 3.05) is 7.11 Å². The van der Waals surface area contributed by atoms with Crippen molar-refractivity contribution < 1.29 is 14.6 Å². The van der Waals surface area contributed by atoms with Gasteiger partial charge in [0.15, 0.2) is 5.82 Å². The summed E-state index contributed by atoms with van der Waals surface area (Å²) in [5.74, 6) is 0.0322. The fourth-order valence-corrected chi connectivity index (χ4v) is 2.07. The Bertz CT molecular complexity index is 507. The molecule has 2 aromatic rings. The van der Waals surface area contributed by atoms with Crippen LogP contribution in [0.15, 0.2) is 11.4 Å². The van der Waals surface area contributed by atoms with Crippen molar-refractivity contribution in [2.24, 2.45) is 0 Å². The standard InChI is InChI=1S/C8H8N4O3S/c1-15-5-2-3-16-7(5)8-9-10-11-12(8)4-6(13)14/h2-3H,4H2,1H3,(H,13,14). The molecule has 2 rings (SSSR count). The van der Waals surface area contributed by atoms with Gasteiger partial charge in [-0.15, -0.1) is 16.4 Å². The SMILES string of the molecule is COc1ccsc1-c1nnnn1CC(=O)O. The fraction of sp³-hybridized carbons (Fsp3) is 0.250. The van der Waals surface area contributed by atoms with E-state index in [0.29, 0.717) is 16.5 Å². The molecule has 0 amide bonds. The van der Waals surface area contributed by atoms with Gasteiger partial charge in [-0.2, -0.15) is 0 Å². The monoisotopic (exact) mass is 240 g/mol. The third-order valence-corrected chi connectivity index (χ3v) is 2.76. The second-order valence-corrected chi connectivity index (χ2v) is 3.79. The molecular formula is C8H8N4O3S. The number of aromatic nitrogens is 4.